The van der Waals surface area contributed by atoms with Crippen LogP contribution >= 0.6 is 0 Å². The lowest BCUT2D eigenvalue weighted by Gasteiger charge is -2.29. The second-order valence-electron chi connectivity index (χ2n) is 6.80. The summed E-state index contributed by atoms with van der Waals surface area (Å²) in [6, 6.07) is 0.742. The molecule has 0 aliphatic heterocycles. The highest BCUT2D eigenvalue weighted by Gasteiger charge is 2.34. The molecule has 2 aliphatic carbocycles. The second kappa shape index (κ2) is 6.91. The Morgan fingerprint density at radius 1 is 1.28 bits per heavy atom. The smallest absolute Gasteiger partial charge is 0.0223 e. The standard InChI is InChI=1S/C16H32N2/c1-4-9-17-16(14-7-5-6-8-14)12-18(3)11-15-10-13(15)2/h13-17H,4-12H2,1-3H3. The predicted octanol–water partition coefficient (Wildman–Crippen LogP) is 3.13. The third-order valence-corrected chi connectivity index (χ3v) is 4.96. The van der Waals surface area contributed by atoms with Gasteiger partial charge < -0.3 is 10.2 Å². The average molecular weight is 252 g/mol. The van der Waals surface area contributed by atoms with E-state index < -0.39 is 0 Å². The Morgan fingerprint density at radius 2 is 1.94 bits per heavy atom. The molecular formula is C16H32N2. The van der Waals surface area contributed by atoms with Gasteiger partial charge in [0, 0.05) is 19.1 Å². The Balaban J connectivity index is 1.75. The molecule has 0 amide bonds. The summed E-state index contributed by atoms with van der Waals surface area (Å²) in [5.74, 6) is 2.92. The van der Waals surface area contributed by atoms with Gasteiger partial charge in [-0.15, -0.1) is 0 Å². The zero-order valence-electron chi connectivity index (χ0n) is 12.6. The van der Waals surface area contributed by atoms with Gasteiger partial charge in [-0.2, -0.15) is 0 Å². The van der Waals surface area contributed by atoms with Crippen LogP contribution in [0.1, 0.15) is 52.4 Å². The zero-order valence-corrected chi connectivity index (χ0v) is 12.6. The van der Waals surface area contributed by atoms with Crippen LogP contribution in [0.25, 0.3) is 0 Å². The van der Waals surface area contributed by atoms with Gasteiger partial charge in [0.15, 0.2) is 0 Å². The Bertz CT molecular complexity index is 235. The molecule has 0 bridgehead atoms. The fourth-order valence-electron chi connectivity index (χ4n) is 3.53. The van der Waals surface area contributed by atoms with Crippen molar-refractivity contribution in [1.29, 1.82) is 0 Å². The molecule has 0 aromatic rings. The Labute approximate surface area is 114 Å². The molecule has 106 valence electrons. The monoisotopic (exact) mass is 252 g/mol. The van der Waals surface area contributed by atoms with E-state index in [1.165, 1.54) is 58.2 Å². The first-order valence-corrected chi connectivity index (χ1v) is 8.12. The number of nitrogens with one attached hydrogen (secondary N) is 1. The lowest BCUT2D eigenvalue weighted by atomic mass is 9.97. The lowest BCUT2D eigenvalue weighted by Crippen LogP contribution is -2.44. The minimum absolute atomic E-state index is 0.742. The molecule has 3 atom stereocenters. The van der Waals surface area contributed by atoms with Crippen LogP contribution < -0.4 is 5.32 Å². The second-order valence-corrected chi connectivity index (χ2v) is 6.80. The molecule has 3 unspecified atom stereocenters. The van der Waals surface area contributed by atoms with E-state index in [4.69, 9.17) is 0 Å². The van der Waals surface area contributed by atoms with Crippen molar-refractivity contribution in [2.24, 2.45) is 17.8 Å². The van der Waals surface area contributed by atoms with Crippen molar-refractivity contribution in [3.63, 3.8) is 0 Å². The molecule has 0 spiro atoms. The zero-order chi connectivity index (χ0) is 13.0. The van der Waals surface area contributed by atoms with Gasteiger partial charge in [0.25, 0.3) is 0 Å². The van der Waals surface area contributed by atoms with E-state index in [1.54, 1.807) is 0 Å². The van der Waals surface area contributed by atoms with Crippen LogP contribution in [0.5, 0.6) is 0 Å². The molecule has 2 heteroatoms. The molecule has 0 heterocycles. The van der Waals surface area contributed by atoms with Crippen LogP contribution in [-0.2, 0) is 0 Å². The molecular weight excluding hydrogens is 220 g/mol. The van der Waals surface area contributed by atoms with E-state index in [9.17, 15) is 0 Å². The number of likely N-dealkylation sites (N-methyl/N-ethyl adjacent to an activating group) is 1. The van der Waals surface area contributed by atoms with Crippen molar-refractivity contribution in [2.75, 3.05) is 26.7 Å². The molecule has 2 nitrogen and oxygen atoms in total. The molecule has 2 saturated carbocycles. The SMILES string of the molecule is CCCNC(CN(C)CC1CC1C)C1CCCC1. The summed E-state index contributed by atoms with van der Waals surface area (Å²) in [5, 5.41) is 3.81. The Kier molecular flexibility index (Phi) is 5.50. The maximum atomic E-state index is 3.81. The van der Waals surface area contributed by atoms with E-state index in [0.717, 1.165) is 23.8 Å². The highest BCUT2D eigenvalue weighted by molar-refractivity contribution is 4.87. The molecule has 1 N–H and O–H groups in total. The molecule has 0 saturated heterocycles. The first kappa shape index (κ1) is 14.3. The molecule has 0 radical (unpaired) electrons. The molecule has 18 heavy (non-hydrogen) atoms. The van der Waals surface area contributed by atoms with E-state index in [-0.39, 0.29) is 0 Å². The first-order valence-electron chi connectivity index (χ1n) is 8.12. The van der Waals surface area contributed by atoms with Gasteiger partial charge in [-0.05, 0) is 57.0 Å². The molecule has 2 aliphatic rings. The van der Waals surface area contributed by atoms with Crippen molar-refractivity contribution >= 4 is 0 Å². The maximum absolute atomic E-state index is 3.81. The fraction of sp³-hybridized carbons (Fsp3) is 1.00. The van der Waals surface area contributed by atoms with Gasteiger partial charge in [-0.3, -0.25) is 0 Å². The summed E-state index contributed by atoms with van der Waals surface area (Å²) in [5.41, 5.74) is 0. The van der Waals surface area contributed by atoms with E-state index >= 15 is 0 Å². The normalized spacial score (nSPS) is 30.0. The number of hydrogen-bond acceptors (Lipinski definition) is 2. The highest BCUT2D eigenvalue weighted by atomic mass is 15.1. The van der Waals surface area contributed by atoms with Crippen molar-refractivity contribution in [2.45, 2.75) is 58.4 Å². The Hall–Kier alpha value is -0.0800. The number of nitrogens with zero attached hydrogens (tertiary/aromatic N) is 1. The summed E-state index contributed by atoms with van der Waals surface area (Å²) in [6.45, 7) is 8.43. The number of hydrogen-bond donors (Lipinski definition) is 1. The van der Waals surface area contributed by atoms with Gasteiger partial charge in [0.05, 0.1) is 0 Å². The molecule has 0 aromatic carbocycles. The minimum atomic E-state index is 0.742. The van der Waals surface area contributed by atoms with E-state index in [0.29, 0.717) is 0 Å². The molecule has 2 rings (SSSR count). The Morgan fingerprint density at radius 3 is 2.50 bits per heavy atom. The summed E-state index contributed by atoms with van der Waals surface area (Å²) in [7, 11) is 2.32. The van der Waals surface area contributed by atoms with Crippen molar-refractivity contribution in [3.05, 3.63) is 0 Å². The van der Waals surface area contributed by atoms with Gasteiger partial charge in [-0.25, -0.2) is 0 Å². The number of rotatable bonds is 8. The van der Waals surface area contributed by atoms with E-state index in [1.807, 2.05) is 0 Å². The first-order chi connectivity index (χ1) is 8.70. The summed E-state index contributed by atoms with van der Waals surface area (Å²) < 4.78 is 0. The molecule has 2 fully saturated rings. The van der Waals surface area contributed by atoms with Gasteiger partial charge in [0.2, 0.25) is 0 Å². The van der Waals surface area contributed by atoms with Crippen LogP contribution in [0.4, 0.5) is 0 Å². The van der Waals surface area contributed by atoms with Gasteiger partial charge in [-0.1, -0.05) is 26.7 Å². The van der Waals surface area contributed by atoms with Crippen LogP contribution in [0.2, 0.25) is 0 Å². The lowest BCUT2D eigenvalue weighted by molar-refractivity contribution is 0.232. The summed E-state index contributed by atoms with van der Waals surface area (Å²) in [6.07, 6.45) is 8.54. The van der Waals surface area contributed by atoms with Crippen molar-refractivity contribution < 1.29 is 0 Å². The minimum Gasteiger partial charge on any atom is -0.312 e. The fourth-order valence-corrected chi connectivity index (χ4v) is 3.53. The third-order valence-electron chi connectivity index (χ3n) is 4.96. The van der Waals surface area contributed by atoms with Crippen LogP contribution in [0.3, 0.4) is 0 Å². The predicted molar refractivity (Wildman–Crippen MR) is 78.8 cm³/mol. The largest absolute Gasteiger partial charge is 0.312 e. The van der Waals surface area contributed by atoms with E-state index in [2.05, 4.69) is 31.1 Å². The topological polar surface area (TPSA) is 15.3 Å². The summed E-state index contributed by atoms with van der Waals surface area (Å²) in [4.78, 5) is 2.58. The van der Waals surface area contributed by atoms with Gasteiger partial charge in [0.1, 0.15) is 0 Å². The van der Waals surface area contributed by atoms with Crippen molar-refractivity contribution in [3.8, 4) is 0 Å². The summed E-state index contributed by atoms with van der Waals surface area (Å²) >= 11 is 0. The van der Waals surface area contributed by atoms with Crippen LogP contribution in [0.15, 0.2) is 0 Å². The average Bonchev–Trinajstić information content (AvgIpc) is 2.86. The highest BCUT2D eigenvalue weighted by Crippen LogP contribution is 2.38. The quantitative estimate of drug-likeness (QED) is 0.714. The van der Waals surface area contributed by atoms with Gasteiger partial charge >= 0.3 is 0 Å². The molecule has 0 aromatic heterocycles. The van der Waals surface area contributed by atoms with Crippen molar-refractivity contribution in [1.82, 2.24) is 10.2 Å². The van der Waals surface area contributed by atoms with Crippen LogP contribution in [0, 0.1) is 17.8 Å². The third kappa shape index (κ3) is 4.24. The van der Waals surface area contributed by atoms with Crippen LogP contribution in [-0.4, -0.2) is 37.6 Å². The maximum Gasteiger partial charge on any atom is 0.0223 e.